The van der Waals surface area contributed by atoms with Crippen molar-refractivity contribution < 1.29 is 9.47 Å². The Labute approximate surface area is 142 Å². The Morgan fingerprint density at radius 3 is 2.83 bits per heavy atom. The average molecular weight is 329 g/mol. The minimum Gasteiger partial charge on any atom is -0.383 e. The van der Waals surface area contributed by atoms with E-state index in [0.29, 0.717) is 6.04 Å². The van der Waals surface area contributed by atoms with Crippen molar-refractivity contribution in [2.24, 2.45) is 4.99 Å². The van der Waals surface area contributed by atoms with E-state index in [2.05, 4.69) is 22.5 Å². The standard InChI is InChI=1S/C17H36N4O2/c1-4-18-17(19-10-6-7-13-23-5-2)20-15-16-9-8-11-21(16)12-14-22-3/h16H,4-15H2,1-3H3,(H2,18,19,20). The maximum atomic E-state index is 5.36. The van der Waals surface area contributed by atoms with Crippen molar-refractivity contribution in [3.63, 3.8) is 0 Å². The fraction of sp³-hybridized carbons (Fsp3) is 0.941. The molecule has 0 spiro atoms. The summed E-state index contributed by atoms with van der Waals surface area (Å²) in [5.74, 6) is 0.933. The molecule has 6 heteroatoms. The van der Waals surface area contributed by atoms with Gasteiger partial charge in [-0.1, -0.05) is 0 Å². The summed E-state index contributed by atoms with van der Waals surface area (Å²) in [6.07, 6.45) is 4.70. The van der Waals surface area contributed by atoms with Crippen LogP contribution < -0.4 is 10.6 Å². The van der Waals surface area contributed by atoms with E-state index in [1.807, 2.05) is 6.92 Å². The van der Waals surface area contributed by atoms with Crippen LogP contribution in [0.1, 0.15) is 39.5 Å². The molecule has 0 amide bonds. The van der Waals surface area contributed by atoms with Crippen molar-refractivity contribution in [3.05, 3.63) is 0 Å². The first kappa shape index (κ1) is 20.2. The van der Waals surface area contributed by atoms with Crippen LogP contribution in [0.25, 0.3) is 0 Å². The molecule has 0 aliphatic carbocycles. The second kappa shape index (κ2) is 13.6. The Hall–Kier alpha value is -0.850. The average Bonchev–Trinajstić information content (AvgIpc) is 3.01. The topological polar surface area (TPSA) is 58.1 Å². The summed E-state index contributed by atoms with van der Waals surface area (Å²) in [6.45, 7) is 11.5. The van der Waals surface area contributed by atoms with E-state index >= 15 is 0 Å². The summed E-state index contributed by atoms with van der Waals surface area (Å²) < 4.78 is 10.6. The first-order valence-corrected chi connectivity index (χ1v) is 9.14. The Morgan fingerprint density at radius 2 is 2.09 bits per heavy atom. The zero-order valence-corrected chi connectivity index (χ0v) is 15.3. The molecule has 6 nitrogen and oxygen atoms in total. The third-order valence-electron chi connectivity index (χ3n) is 4.10. The van der Waals surface area contributed by atoms with Crippen molar-refractivity contribution in [2.75, 3.05) is 59.7 Å². The van der Waals surface area contributed by atoms with Crippen LogP contribution in [0.3, 0.4) is 0 Å². The highest BCUT2D eigenvalue weighted by Crippen LogP contribution is 2.16. The second-order valence-electron chi connectivity index (χ2n) is 5.88. The van der Waals surface area contributed by atoms with Crippen LogP contribution in [0.15, 0.2) is 4.99 Å². The number of ether oxygens (including phenoxy) is 2. The van der Waals surface area contributed by atoms with E-state index in [4.69, 9.17) is 14.5 Å². The van der Waals surface area contributed by atoms with Crippen molar-refractivity contribution in [3.8, 4) is 0 Å². The fourth-order valence-corrected chi connectivity index (χ4v) is 2.82. The number of likely N-dealkylation sites (tertiary alicyclic amines) is 1. The lowest BCUT2D eigenvalue weighted by molar-refractivity contribution is 0.142. The van der Waals surface area contributed by atoms with Crippen LogP contribution in [0, 0.1) is 0 Å². The highest BCUT2D eigenvalue weighted by Gasteiger charge is 2.23. The summed E-state index contributed by atoms with van der Waals surface area (Å²) in [5.41, 5.74) is 0. The van der Waals surface area contributed by atoms with Gasteiger partial charge in [0.25, 0.3) is 0 Å². The van der Waals surface area contributed by atoms with Gasteiger partial charge in [-0.25, -0.2) is 0 Å². The van der Waals surface area contributed by atoms with Crippen LogP contribution in [0.4, 0.5) is 0 Å². The van der Waals surface area contributed by atoms with E-state index in [0.717, 1.165) is 64.8 Å². The number of nitrogens with zero attached hydrogens (tertiary/aromatic N) is 2. The molecule has 1 aliphatic heterocycles. The molecule has 1 fully saturated rings. The van der Waals surface area contributed by atoms with Gasteiger partial charge in [-0.05, 0) is 46.1 Å². The number of hydrogen-bond acceptors (Lipinski definition) is 4. The number of nitrogens with one attached hydrogen (secondary N) is 2. The van der Waals surface area contributed by atoms with Gasteiger partial charge in [-0.15, -0.1) is 0 Å². The van der Waals surface area contributed by atoms with Crippen molar-refractivity contribution in [1.82, 2.24) is 15.5 Å². The molecule has 1 aliphatic rings. The summed E-state index contributed by atoms with van der Waals surface area (Å²) >= 11 is 0. The lowest BCUT2D eigenvalue weighted by atomic mass is 10.2. The van der Waals surface area contributed by atoms with Crippen LogP contribution >= 0.6 is 0 Å². The number of unbranched alkanes of at least 4 members (excludes halogenated alkanes) is 1. The molecular weight excluding hydrogens is 292 g/mol. The predicted octanol–water partition coefficient (Wildman–Crippen LogP) is 1.47. The number of hydrogen-bond donors (Lipinski definition) is 2. The molecule has 1 rings (SSSR count). The largest absolute Gasteiger partial charge is 0.383 e. The van der Waals surface area contributed by atoms with Crippen molar-refractivity contribution >= 4 is 5.96 Å². The quantitative estimate of drug-likeness (QED) is 0.323. The van der Waals surface area contributed by atoms with Gasteiger partial charge in [-0.2, -0.15) is 0 Å². The van der Waals surface area contributed by atoms with E-state index in [-0.39, 0.29) is 0 Å². The number of aliphatic imine (C=N–C) groups is 1. The van der Waals surface area contributed by atoms with Gasteiger partial charge in [0.15, 0.2) is 5.96 Å². The molecule has 0 bridgehead atoms. The molecule has 2 N–H and O–H groups in total. The molecule has 0 saturated carbocycles. The SMILES string of the molecule is CCNC(=NCC1CCCN1CCOC)NCCCCOCC. The fourth-order valence-electron chi connectivity index (χ4n) is 2.82. The highest BCUT2D eigenvalue weighted by molar-refractivity contribution is 5.79. The Kier molecular flexibility index (Phi) is 11.9. The third kappa shape index (κ3) is 9.13. The first-order chi connectivity index (χ1) is 11.3. The zero-order valence-electron chi connectivity index (χ0n) is 15.3. The van der Waals surface area contributed by atoms with Crippen molar-refractivity contribution in [2.45, 2.75) is 45.6 Å². The third-order valence-corrected chi connectivity index (χ3v) is 4.10. The maximum Gasteiger partial charge on any atom is 0.191 e. The molecule has 23 heavy (non-hydrogen) atoms. The summed E-state index contributed by atoms with van der Waals surface area (Å²) in [5, 5.41) is 6.75. The van der Waals surface area contributed by atoms with Crippen molar-refractivity contribution in [1.29, 1.82) is 0 Å². The van der Waals surface area contributed by atoms with Gasteiger partial charge in [0, 0.05) is 46.0 Å². The number of rotatable bonds is 12. The Morgan fingerprint density at radius 1 is 1.22 bits per heavy atom. The minimum atomic E-state index is 0.554. The number of methoxy groups -OCH3 is 1. The van der Waals surface area contributed by atoms with E-state index in [9.17, 15) is 0 Å². The highest BCUT2D eigenvalue weighted by atomic mass is 16.5. The minimum absolute atomic E-state index is 0.554. The smallest absolute Gasteiger partial charge is 0.191 e. The van der Waals surface area contributed by atoms with Crippen LogP contribution in [0.2, 0.25) is 0 Å². The first-order valence-electron chi connectivity index (χ1n) is 9.14. The maximum absolute atomic E-state index is 5.36. The molecule has 0 aromatic heterocycles. The molecule has 1 atom stereocenters. The molecule has 1 saturated heterocycles. The monoisotopic (exact) mass is 328 g/mol. The molecule has 0 aromatic carbocycles. The number of guanidine groups is 1. The van der Waals surface area contributed by atoms with E-state index in [1.54, 1.807) is 7.11 Å². The summed E-state index contributed by atoms with van der Waals surface area (Å²) in [4.78, 5) is 7.27. The van der Waals surface area contributed by atoms with Gasteiger partial charge >= 0.3 is 0 Å². The zero-order chi connectivity index (χ0) is 16.8. The van der Waals surface area contributed by atoms with Crippen LogP contribution in [-0.2, 0) is 9.47 Å². The Bertz CT molecular complexity index is 313. The van der Waals surface area contributed by atoms with Gasteiger partial charge in [0.2, 0.25) is 0 Å². The van der Waals surface area contributed by atoms with E-state index < -0.39 is 0 Å². The lowest BCUT2D eigenvalue weighted by Crippen LogP contribution is -2.40. The molecule has 0 radical (unpaired) electrons. The molecule has 1 heterocycles. The lowest BCUT2D eigenvalue weighted by Gasteiger charge is -2.23. The summed E-state index contributed by atoms with van der Waals surface area (Å²) in [6, 6.07) is 0.554. The van der Waals surface area contributed by atoms with Crippen LogP contribution in [0.5, 0.6) is 0 Å². The molecule has 136 valence electrons. The predicted molar refractivity (Wildman–Crippen MR) is 96.2 cm³/mol. The van der Waals surface area contributed by atoms with Crippen LogP contribution in [-0.4, -0.2) is 76.6 Å². The normalized spacial score (nSPS) is 19.3. The van der Waals surface area contributed by atoms with Gasteiger partial charge in [-0.3, -0.25) is 9.89 Å². The van der Waals surface area contributed by atoms with Gasteiger partial charge in [0.05, 0.1) is 13.2 Å². The van der Waals surface area contributed by atoms with E-state index in [1.165, 1.54) is 19.4 Å². The second-order valence-corrected chi connectivity index (χ2v) is 5.88. The molecular formula is C17H36N4O2. The molecule has 1 unspecified atom stereocenters. The molecule has 0 aromatic rings. The summed E-state index contributed by atoms with van der Waals surface area (Å²) in [7, 11) is 1.77. The van der Waals surface area contributed by atoms with Gasteiger partial charge in [0.1, 0.15) is 0 Å². The Balaban J connectivity index is 2.29. The van der Waals surface area contributed by atoms with Gasteiger partial charge < -0.3 is 20.1 Å².